The van der Waals surface area contributed by atoms with E-state index in [2.05, 4.69) is 22.5 Å². The molecular formula is C17H33N3O2. The van der Waals surface area contributed by atoms with Crippen LogP contribution in [0.25, 0.3) is 0 Å². The van der Waals surface area contributed by atoms with Crippen LogP contribution >= 0.6 is 0 Å². The van der Waals surface area contributed by atoms with E-state index in [1.807, 2.05) is 0 Å². The van der Waals surface area contributed by atoms with Gasteiger partial charge in [-0.2, -0.15) is 0 Å². The molecule has 0 spiro atoms. The van der Waals surface area contributed by atoms with Crippen molar-refractivity contribution in [1.82, 2.24) is 10.6 Å². The van der Waals surface area contributed by atoms with Gasteiger partial charge in [-0.15, -0.1) is 0 Å². The summed E-state index contributed by atoms with van der Waals surface area (Å²) < 4.78 is 11.1. The second-order valence-electron chi connectivity index (χ2n) is 6.37. The van der Waals surface area contributed by atoms with Gasteiger partial charge in [0, 0.05) is 45.6 Å². The summed E-state index contributed by atoms with van der Waals surface area (Å²) in [5, 5.41) is 6.88. The number of nitrogens with one attached hydrogen (secondary N) is 2. The Morgan fingerprint density at radius 2 is 1.95 bits per heavy atom. The summed E-state index contributed by atoms with van der Waals surface area (Å²) in [5.74, 6) is 1.66. The minimum absolute atomic E-state index is 0.613. The predicted molar refractivity (Wildman–Crippen MR) is 90.3 cm³/mol. The minimum Gasteiger partial charge on any atom is -0.381 e. The molecule has 22 heavy (non-hydrogen) atoms. The lowest BCUT2D eigenvalue weighted by Crippen LogP contribution is -2.42. The Morgan fingerprint density at radius 3 is 2.68 bits per heavy atom. The molecule has 0 unspecified atom stereocenters. The number of guanidine groups is 1. The Hall–Kier alpha value is -0.810. The van der Waals surface area contributed by atoms with E-state index in [0.29, 0.717) is 12.0 Å². The van der Waals surface area contributed by atoms with Crippen LogP contribution in [-0.2, 0) is 9.47 Å². The molecule has 1 aliphatic carbocycles. The van der Waals surface area contributed by atoms with Gasteiger partial charge in [-0.1, -0.05) is 12.8 Å². The molecule has 0 bridgehead atoms. The zero-order valence-corrected chi connectivity index (χ0v) is 14.1. The normalized spacial score (nSPS) is 21.2. The van der Waals surface area contributed by atoms with E-state index in [1.165, 1.54) is 25.7 Å². The highest BCUT2D eigenvalue weighted by atomic mass is 16.5. The molecule has 0 aromatic heterocycles. The SMILES string of the molecule is CCNC(=NCCCOCC1CCOCC1)NC1CCCC1. The maximum absolute atomic E-state index is 5.78. The second kappa shape index (κ2) is 10.8. The maximum Gasteiger partial charge on any atom is 0.191 e. The maximum atomic E-state index is 5.78. The van der Waals surface area contributed by atoms with Crippen molar-refractivity contribution in [3.05, 3.63) is 0 Å². The number of rotatable bonds is 8. The minimum atomic E-state index is 0.613. The molecule has 128 valence electrons. The molecule has 1 heterocycles. The summed E-state index contributed by atoms with van der Waals surface area (Å²) in [4.78, 5) is 4.66. The van der Waals surface area contributed by atoms with Crippen LogP contribution in [0.1, 0.15) is 51.9 Å². The van der Waals surface area contributed by atoms with E-state index in [-0.39, 0.29) is 0 Å². The van der Waals surface area contributed by atoms with Gasteiger partial charge in [0.05, 0.1) is 0 Å². The van der Waals surface area contributed by atoms with E-state index in [9.17, 15) is 0 Å². The fourth-order valence-electron chi connectivity index (χ4n) is 3.10. The number of nitrogens with zero attached hydrogens (tertiary/aromatic N) is 1. The van der Waals surface area contributed by atoms with Crippen LogP contribution < -0.4 is 10.6 Å². The Labute approximate surface area is 135 Å². The molecule has 5 nitrogen and oxygen atoms in total. The van der Waals surface area contributed by atoms with Gasteiger partial charge in [-0.3, -0.25) is 4.99 Å². The molecule has 0 amide bonds. The molecule has 0 aromatic rings. The third-order valence-electron chi connectivity index (χ3n) is 4.45. The van der Waals surface area contributed by atoms with Gasteiger partial charge in [-0.25, -0.2) is 0 Å². The molecule has 0 aromatic carbocycles. The Balaban J connectivity index is 1.54. The monoisotopic (exact) mass is 311 g/mol. The Kier molecular flexibility index (Phi) is 8.64. The molecule has 5 heteroatoms. The van der Waals surface area contributed by atoms with Crippen molar-refractivity contribution >= 4 is 5.96 Å². The van der Waals surface area contributed by atoms with Crippen molar-refractivity contribution in [2.45, 2.75) is 57.9 Å². The van der Waals surface area contributed by atoms with Gasteiger partial charge in [0.25, 0.3) is 0 Å². The van der Waals surface area contributed by atoms with Crippen LogP contribution in [0.4, 0.5) is 0 Å². The van der Waals surface area contributed by atoms with Crippen molar-refractivity contribution in [3.63, 3.8) is 0 Å². The fourth-order valence-corrected chi connectivity index (χ4v) is 3.10. The van der Waals surface area contributed by atoms with Gasteiger partial charge in [-0.05, 0) is 44.9 Å². The van der Waals surface area contributed by atoms with Crippen LogP contribution in [0.15, 0.2) is 4.99 Å². The predicted octanol–water partition coefficient (Wildman–Crippen LogP) is 2.32. The molecule has 2 N–H and O–H groups in total. The number of hydrogen-bond donors (Lipinski definition) is 2. The third kappa shape index (κ3) is 6.97. The number of ether oxygens (including phenoxy) is 2. The highest BCUT2D eigenvalue weighted by molar-refractivity contribution is 5.80. The topological polar surface area (TPSA) is 54.9 Å². The summed E-state index contributed by atoms with van der Waals surface area (Å²) in [6.45, 7) is 7.35. The van der Waals surface area contributed by atoms with Gasteiger partial charge >= 0.3 is 0 Å². The average molecular weight is 311 g/mol. The number of aliphatic imine (C=N–C) groups is 1. The molecule has 1 saturated heterocycles. The smallest absolute Gasteiger partial charge is 0.191 e. The lowest BCUT2D eigenvalue weighted by molar-refractivity contribution is 0.0205. The van der Waals surface area contributed by atoms with Crippen molar-refractivity contribution < 1.29 is 9.47 Å². The van der Waals surface area contributed by atoms with Crippen molar-refractivity contribution in [2.24, 2.45) is 10.9 Å². The first kappa shape index (κ1) is 17.5. The highest BCUT2D eigenvalue weighted by Crippen LogP contribution is 2.17. The Bertz CT molecular complexity index is 311. The zero-order chi connectivity index (χ0) is 15.5. The summed E-state index contributed by atoms with van der Waals surface area (Å²) in [5.41, 5.74) is 0. The second-order valence-corrected chi connectivity index (χ2v) is 6.37. The van der Waals surface area contributed by atoms with E-state index in [1.54, 1.807) is 0 Å². The summed E-state index contributed by atoms with van der Waals surface area (Å²) >= 11 is 0. The van der Waals surface area contributed by atoms with Crippen molar-refractivity contribution in [3.8, 4) is 0 Å². The first-order valence-electron chi connectivity index (χ1n) is 9.09. The van der Waals surface area contributed by atoms with Crippen molar-refractivity contribution in [1.29, 1.82) is 0 Å². The molecule has 2 aliphatic rings. The summed E-state index contributed by atoms with van der Waals surface area (Å²) in [6.07, 6.45) is 8.53. The lowest BCUT2D eigenvalue weighted by Gasteiger charge is -2.21. The van der Waals surface area contributed by atoms with E-state index in [0.717, 1.165) is 64.7 Å². The molecule has 0 atom stereocenters. The van der Waals surface area contributed by atoms with E-state index in [4.69, 9.17) is 9.47 Å². The van der Waals surface area contributed by atoms with Crippen LogP contribution in [0, 0.1) is 5.92 Å². The molecule has 1 saturated carbocycles. The molecular weight excluding hydrogens is 278 g/mol. The van der Waals surface area contributed by atoms with Crippen LogP contribution in [0.3, 0.4) is 0 Å². The third-order valence-corrected chi connectivity index (χ3v) is 4.45. The lowest BCUT2D eigenvalue weighted by atomic mass is 10.0. The largest absolute Gasteiger partial charge is 0.381 e. The Morgan fingerprint density at radius 1 is 1.18 bits per heavy atom. The standard InChI is InChI=1S/C17H33N3O2/c1-2-18-17(20-16-6-3-4-7-16)19-10-5-11-22-14-15-8-12-21-13-9-15/h15-16H,2-14H2,1H3,(H2,18,19,20). The molecule has 2 rings (SSSR count). The zero-order valence-electron chi connectivity index (χ0n) is 14.1. The van der Waals surface area contributed by atoms with Gasteiger partial charge < -0.3 is 20.1 Å². The van der Waals surface area contributed by atoms with Gasteiger partial charge in [0.2, 0.25) is 0 Å². The van der Waals surface area contributed by atoms with Gasteiger partial charge in [0.1, 0.15) is 0 Å². The first-order valence-corrected chi connectivity index (χ1v) is 9.09. The number of hydrogen-bond acceptors (Lipinski definition) is 3. The molecule has 0 radical (unpaired) electrons. The summed E-state index contributed by atoms with van der Waals surface area (Å²) in [7, 11) is 0. The van der Waals surface area contributed by atoms with E-state index >= 15 is 0 Å². The van der Waals surface area contributed by atoms with Crippen LogP contribution in [0.2, 0.25) is 0 Å². The first-order chi connectivity index (χ1) is 10.9. The van der Waals surface area contributed by atoms with Gasteiger partial charge in [0.15, 0.2) is 5.96 Å². The quantitative estimate of drug-likeness (QED) is 0.410. The summed E-state index contributed by atoms with van der Waals surface area (Å²) in [6, 6.07) is 0.613. The highest BCUT2D eigenvalue weighted by Gasteiger charge is 2.16. The van der Waals surface area contributed by atoms with Crippen LogP contribution in [-0.4, -0.2) is 51.5 Å². The van der Waals surface area contributed by atoms with Crippen molar-refractivity contribution in [2.75, 3.05) is 39.5 Å². The molecule has 2 fully saturated rings. The average Bonchev–Trinajstić information content (AvgIpc) is 3.05. The van der Waals surface area contributed by atoms with Crippen LogP contribution in [0.5, 0.6) is 0 Å². The van der Waals surface area contributed by atoms with E-state index < -0.39 is 0 Å². The fraction of sp³-hybridized carbons (Fsp3) is 0.941. The molecule has 1 aliphatic heterocycles.